The van der Waals surface area contributed by atoms with Crippen molar-refractivity contribution in [3.8, 4) is 0 Å². The highest BCUT2D eigenvalue weighted by Gasteiger charge is 2.36. The number of nitrogen functional groups attached to an aromatic ring is 1. The van der Waals surface area contributed by atoms with Crippen molar-refractivity contribution in [3.63, 3.8) is 0 Å². The maximum Gasteiger partial charge on any atom is 0.422 e. The van der Waals surface area contributed by atoms with Crippen LogP contribution in [0.25, 0.3) is 0 Å². The molecule has 0 amide bonds. The molecule has 0 aliphatic heterocycles. The van der Waals surface area contributed by atoms with Gasteiger partial charge in [0.05, 0.1) is 14.8 Å². The molecule has 0 aliphatic carbocycles. The summed E-state index contributed by atoms with van der Waals surface area (Å²) in [5, 5.41) is 31.5. The van der Waals surface area contributed by atoms with Crippen LogP contribution < -0.4 is 5.73 Å². The number of anilines is 1. The highest BCUT2D eigenvalue weighted by atomic mass is 16.6. The average molecular weight is 228 g/mol. The molecule has 10 heteroatoms. The van der Waals surface area contributed by atoms with Crippen LogP contribution in [0.15, 0.2) is 12.1 Å². The van der Waals surface area contributed by atoms with Gasteiger partial charge in [0, 0.05) is 17.8 Å². The van der Waals surface area contributed by atoms with E-state index in [1.165, 1.54) is 0 Å². The molecule has 0 saturated carbocycles. The molecule has 1 rings (SSSR count). The van der Waals surface area contributed by atoms with Crippen molar-refractivity contribution >= 4 is 22.7 Å². The summed E-state index contributed by atoms with van der Waals surface area (Å²) in [6.07, 6.45) is 0. The predicted octanol–water partition coefficient (Wildman–Crippen LogP) is 0.993. The van der Waals surface area contributed by atoms with Crippen molar-refractivity contribution in [2.24, 2.45) is 0 Å². The third-order valence-electron chi connectivity index (χ3n) is 1.67. The van der Waals surface area contributed by atoms with Crippen LogP contribution in [0.1, 0.15) is 0 Å². The van der Waals surface area contributed by atoms with Crippen LogP contribution in [0.4, 0.5) is 22.7 Å². The maximum absolute atomic E-state index is 10.5. The van der Waals surface area contributed by atoms with E-state index in [2.05, 4.69) is 0 Å². The molecule has 0 unspecified atom stereocenters. The molecule has 0 saturated heterocycles. The van der Waals surface area contributed by atoms with Gasteiger partial charge in [0.2, 0.25) is 0 Å². The van der Waals surface area contributed by atoms with E-state index in [1.54, 1.807) is 0 Å². The highest BCUT2D eigenvalue weighted by molar-refractivity contribution is 5.71. The summed E-state index contributed by atoms with van der Waals surface area (Å²) in [6, 6.07) is 1.40. The lowest BCUT2D eigenvalue weighted by atomic mass is 10.2. The normalized spacial score (nSPS) is 9.75. The van der Waals surface area contributed by atoms with Crippen molar-refractivity contribution in [2.75, 3.05) is 5.73 Å². The van der Waals surface area contributed by atoms with Crippen molar-refractivity contribution < 1.29 is 14.8 Å². The molecule has 0 spiro atoms. The third kappa shape index (κ3) is 1.84. The molecule has 84 valence electrons. The Labute approximate surface area is 86.7 Å². The summed E-state index contributed by atoms with van der Waals surface area (Å²) in [7, 11) is 0. The number of rotatable bonds is 3. The standard InChI is InChI=1S/C6H4N4O6/c7-3-1-4(8(11)12)6(10(15)16)5(2-3)9(13)14/h1-2H,7H2. The Morgan fingerprint density at radius 2 is 1.25 bits per heavy atom. The average Bonchev–Trinajstić information content (AvgIpc) is 2.15. The molecule has 2 N–H and O–H groups in total. The Morgan fingerprint density at radius 1 is 0.875 bits per heavy atom. The number of benzene rings is 1. The highest BCUT2D eigenvalue weighted by Crippen LogP contribution is 2.38. The van der Waals surface area contributed by atoms with Gasteiger partial charge in [-0.25, -0.2) is 0 Å². The molecule has 1 aromatic rings. The van der Waals surface area contributed by atoms with E-state index in [9.17, 15) is 30.3 Å². The van der Waals surface area contributed by atoms with Crippen molar-refractivity contribution in [1.29, 1.82) is 0 Å². The Morgan fingerprint density at radius 3 is 1.50 bits per heavy atom. The Hall–Kier alpha value is -2.78. The van der Waals surface area contributed by atoms with E-state index < -0.39 is 31.8 Å². The van der Waals surface area contributed by atoms with E-state index in [1.807, 2.05) is 0 Å². The summed E-state index contributed by atoms with van der Waals surface area (Å²) in [5.74, 6) is 0. The Kier molecular flexibility index (Phi) is 2.66. The fourth-order valence-corrected chi connectivity index (χ4v) is 1.09. The molecule has 0 atom stereocenters. The van der Waals surface area contributed by atoms with Crippen LogP contribution in [0.3, 0.4) is 0 Å². The minimum atomic E-state index is -1.18. The van der Waals surface area contributed by atoms with Gasteiger partial charge in [-0.3, -0.25) is 30.3 Å². The monoisotopic (exact) mass is 228 g/mol. The zero-order valence-corrected chi connectivity index (χ0v) is 7.52. The van der Waals surface area contributed by atoms with Crippen LogP contribution >= 0.6 is 0 Å². The summed E-state index contributed by atoms with van der Waals surface area (Å²) >= 11 is 0. The lowest BCUT2D eigenvalue weighted by molar-refractivity contribution is -0.440. The van der Waals surface area contributed by atoms with Crippen LogP contribution in [0.2, 0.25) is 0 Å². The zero-order chi connectivity index (χ0) is 12.5. The van der Waals surface area contributed by atoms with E-state index in [0.717, 1.165) is 0 Å². The number of nitrogens with zero attached hydrogens (tertiary/aromatic N) is 3. The fraction of sp³-hybridized carbons (Fsp3) is 0. The first-order chi connectivity index (χ1) is 7.34. The first kappa shape index (κ1) is 11.3. The van der Waals surface area contributed by atoms with Gasteiger partial charge < -0.3 is 5.73 Å². The van der Waals surface area contributed by atoms with Gasteiger partial charge in [-0.1, -0.05) is 0 Å². The van der Waals surface area contributed by atoms with Crippen molar-refractivity contribution in [2.45, 2.75) is 0 Å². The van der Waals surface area contributed by atoms with Crippen molar-refractivity contribution in [1.82, 2.24) is 0 Å². The second-order valence-corrected chi connectivity index (χ2v) is 2.68. The molecule has 0 radical (unpaired) electrons. The molecule has 10 nitrogen and oxygen atoms in total. The van der Waals surface area contributed by atoms with Gasteiger partial charge in [0.25, 0.3) is 0 Å². The topological polar surface area (TPSA) is 155 Å². The zero-order valence-electron chi connectivity index (χ0n) is 7.52. The minimum absolute atomic E-state index is 0.288. The maximum atomic E-state index is 10.5. The third-order valence-corrected chi connectivity index (χ3v) is 1.67. The molecule has 0 fully saturated rings. The summed E-state index contributed by atoms with van der Waals surface area (Å²) < 4.78 is 0. The SMILES string of the molecule is Nc1cc([N+](=O)[O-])c([N+](=O)[O-])c([N+](=O)[O-])c1. The van der Waals surface area contributed by atoms with Gasteiger partial charge in [-0.15, -0.1) is 0 Å². The van der Waals surface area contributed by atoms with E-state index in [0.29, 0.717) is 12.1 Å². The number of nitrogens with two attached hydrogens (primary N) is 1. The second kappa shape index (κ2) is 3.76. The van der Waals surface area contributed by atoms with E-state index in [-0.39, 0.29) is 5.69 Å². The van der Waals surface area contributed by atoms with Gasteiger partial charge >= 0.3 is 17.1 Å². The molecule has 16 heavy (non-hydrogen) atoms. The summed E-state index contributed by atoms with van der Waals surface area (Å²) in [4.78, 5) is 28.1. The van der Waals surface area contributed by atoms with Crippen LogP contribution in [-0.4, -0.2) is 14.8 Å². The van der Waals surface area contributed by atoms with Crippen LogP contribution in [0.5, 0.6) is 0 Å². The summed E-state index contributed by atoms with van der Waals surface area (Å²) in [6.45, 7) is 0. The second-order valence-electron chi connectivity index (χ2n) is 2.68. The fourth-order valence-electron chi connectivity index (χ4n) is 1.09. The lowest BCUT2D eigenvalue weighted by Gasteiger charge is -1.98. The largest absolute Gasteiger partial charge is 0.422 e. The quantitative estimate of drug-likeness (QED) is 0.459. The smallest absolute Gasteiger partial charge is 0.398 e. The predicted molar refractivity (Wildman–Crippen MR) is 50.8 cm³/mol. The molecular weight excluding hydrogens is 224 g/mol. The minimum Gasteiger partial charge on any atom is -0.398 e. The van der Waals surface area contributed by atoms with Gasteiger partial charge in [-0.05, 0) is 0 Å². The van der Waals surface area contributed by atoms with Crippen LogP contribution in [0, 0.1) is 30.3 Å². The number of hydrogen-bond acceptors (Lipinski definition) is 7. The molecule has 0 bridgehead atoms. The van der Waals surface area contributed by atoms with Gasteiger partial charge in [-0.2, -0.15) is 0 Å². The van der Waals surface area contributed by atoms with E-state index >= 15 is 0 Å². The molecule has 0 aliphatic rings. The lowest BCUT2D eigenvalue weighted by Crippen LogP contribution is -2.02. The number of nitro groups is 3. The van der Waals surface area contributed by atoms with Crippen LogP contribution in [-0.2, 0) is 0 Å². The molecule has 0 heterocycles. The van der Waals surface area contributed by atoms with Gasteiger partial charge in [0.15, 0.2) is 0 Å². The van der Waals surface area contributed by atoms with Gasteiger partial charge in [0.1, 0.15) is 0 Å². The molecular formula is C6H4N4O6. The number of hydrogen-bond donors (Lipinski definition) is 1. The van der Waals surface area contributed by atoms with E-state index in [4.69, 9.17) is 5.73 Å². The Bertz CT molecular complexity index is 463. The first-order valence-electron chi connectivity index (χ1n) is 3.71. The van der Waals surface area contributed by atoms with Crippen molar-refractivity contribution in [3.05, 3.63) is 42.5 Å². The first-order valence-corrected chi connectivity index (χ1v) is 3.71. The Balaban J connectivity index is 3.67. The summed E-state index contributed by atoms with van der Waals surface area (Å²) in [5.41, 5.74) is 1.70. The number of nitro benzene ring substituents is 3. The molecule has 1 aromatic carbocycles. The molecule has 0 aromatic heterocycles.